The first-order valence-electron chi connectivity index (χ1n) is 8.12. The van der Waals surface area contributed by atoms with E-state index in [1.54, 1.807) is 18.2 Å². The molecule has 0 aliphatic rings. The van der Waals surface area contributed by atoms with Crippen molar-refractivity contribution in [2.45, 2.75) is 26.6 Å². The molecular weight excluding hydrogens is 360 g/mol. The molecule has 2 aromatic carbocycles. The third-order valence-corrected chi connectivity index (χ3v) is 3.17. The van der Waals surface area contributed by atoms with Crippen molar-refractivity contribution in [3.8, 4) is 11.5 Å². The largest absolute Gasteiger partial charge is 0.491 e. The van der Waals surface area contributed by atoms with Crippen LogP contribution in [0.1, 0.15) is 24.2 Å². The Morgan fingerprint density at radius 1 is 1.00 bits per heavy atom. The summed E-state index contributed by atoms with van der Waals surface area (Å²) < 4.78 is 39.4. The van der Waals surface area contributed by atoms with Gasteiger partial charge in [-0.2, -0.15) is 8.78 Å². The van der Waals surface area contributed by atoms with Crippen molar-refractivity contribution in [2.24, 2.45) is 0 Å². The van der Waals surface area contributed by atoms with Crippen LogP contribution >= 0.6 is 0 Å². The van der Waals surface area contributed by atoms with Crippen molar-refractivity contribution in [3.05, 3.63) is 54.1 Å². The summed E-state index contributed by atoms with van der Waals surface area (Å²) in [6, 6.07) is 12.0. The van der Waals surface area contributed by atoms with Crippen LogP contribution in [0.5, 0.6) is 11.5 Å². The molecular formula is C19H19F2NO5. The Morgan fingerprint density at radius 3 is 2.30 bits per heavy atom. The van der Waals surface area contributed by atoms with E-state index < -0.39 is 25.1 Å². The summed E-state index contributed by atoms with van der Waals surface area (Å²) in [5.74, 6) is -0.963. The summed E-state index contributed by atoms with van der Waals surface area (Å²) >= 11 is 0. The van der Waals surface area contributed by atoms with E-state index in [9.17, 15) is 18.4 Å². The lowest BCUT2D eigenvalue weighted by Gasteiger charge is -2.12. The quantitative estimate of drug-likeness (QED) is 0.705. The highest BCUT2D eigenvalue weighted by molar-refractivity contribution is 5.96. The molecule has 0 atom stereocenters. The number of amides is 1. The summed E-state index contributed by atoms with van der Waals surface area (Å²) in [7, 11) is 0. The van der Waals surface area contributed by atoms with E-state index in [1.165, 1.54) is 30.3 Å². The molecule has 0 bridgehead atoms. The maximum atomic E-state index is 12.4. The van der Waals surface area contributed by atoms with Crippen LogP contribution in [0.25, 0.3) is 0 Å². The van der Waals surface area contributed by atoms with Gasteiger partial charge in [0, 0.05) is 0 Å². The molecule has 1 N–H and O–H groups in total. The standard InChI is InChI=1S/C19H19F2NO5/c1-12(2)26-14-9-7-13(8-10-14)18(24)25-11-17(23)22-15-5-3-4-6-16(15)27-19(20)21/h3-10,12,19H,11H2,1-2H3,(H,22,23). The highest BCUT2D eigenvalue weighted by Gasteiger charge is 2.14. The molecule has 0 fully saturated rings. The van der Waals surface area contributed by atoms with Gasteiger partial charge in [0.15, 0.2) is 6.61 Å². The van der Waals surface area contributed by atoms with Gasteiger partial charge < -0.3 is 19.5 Å². The van der Waals surface area contributed by atoms with Gasteiger partial charge in [0.05, 0.1) is 17.4 Å². The van der Waals surface area contributed by atoms with Crippen molar-refractivity contribution in [3.63, 3.8) is 0 Å². The lowest BCUT2D eigenvalue weighted by atomic mass is 10.2. The Kier molecular flexibility index (Phi) is 7.10. The molecule has 0 saturated carbocycles. The van der Waals surface area contributed by atoms with E-state index in [1.807, 2.05) is 13.8 Å². The third-order valence-electron chi connectivity index (χ3n) is 3.17. The van der Waals surface area contributed by atoms with Gasteiger partial charge >= 0.3 is 12.6 Å². The summed E-state index contributed by atoms with van der Waals surface area (Å²) in [6.07, 6.45) is 0.00317. The number of esters is 1. The molecule has 0 aliphatic carbocycles. The molecule has 1 amide bonds. The maximum Gasteiger partial charge on any atom is 0.387 e. The van der Waals surface area contributed by atoms with Crippen LogP contribution in [0.4, 0.5) is 14.5 Å². The van der Waals surface area contributed by atoms with Gasteiger partial charge in [-0.05, 0) is 50.2 Å². The summed E-state index contributed by atoms with van der Waals surface area (Å²) in [4.78, 5) is 23.9. The monoisotopic (exact) mass is 379 g/mol. The Balaban J connectivity index is 1.89. The molecule has 2 aromatic rings. The fourth-order valence-corrected chi connectivity index (χ4v) is 2.11. The van der Waals surface area contributed by atoms with Crippen molar-refractivity contribution >= 4 is 17.6 Å². The van der Waals surface area contributed by atoms with Crippen molar-refractivity contribution < 1.29 is 32.6 Å². The van der Waals surface area contributed by atoms with Gasteiger partial charge in [0.25, 0.3) is 5.91 Å². The second-order valence-corrected chi connectivity index (χ2v) is 5.69. The van der Waals surface area contributed by atoms with Gasteiger partial charge in [-0.1, -0.05) is 12.1 Å². The first-order chi connectivity index (χ1) is 12.8. The Morgan fingerprint density at radius 2 is 1.67 bits per heavy atom. The number of hydrogen-bond donors (Lipinski definition) is 1. The van der Waals surface area contributed by atoms with E-state index in [2.05, 4.69) is 10.1 Å². The first-order valence-corrected chi connectivity index (χ1v) is 8.12. The number of para-hydroxylation sites is 2. The Labute approximate surface area is 155 Å². The van der Waals surface area contributed by atoms with E-state index in [0.717, 1.165) is 0 Å². The van der Waals surface area contributed by atoms with E-state index in [4.69, 9.17) is 9.47 Å². The number of nitrogens with one attached hydrogen (secondary N) is 1. The summed E-state index contributed by atoms with van der Waals surface area (Å²) in [6.45, 7) is 0.159. The van der Waals surface area contributed by atoms with Crippen LogP contribution in [0.15, 0.2) is 48.5 Å². The zero-order chi connectivity index (χ0) is 19.8. The third kappa shape index (κ3) is 6.58. The topological polar surface area (TPSA) is 73.9 Å². The number of benzene rings is 2. The number of halogens is 2. The minimum atomic E-state index is -3.02. The summed E-state index contributed by atoms with van der Waals surface area (Å²) in [5.41, 5.74) is 0.300. The number of carbonyl (C=O) groups is 2. The molecule has 0 saturated heterocycles. The average Bonchev–Trinajstić information content (AvgIpc) is 2.61. The predicted molar refractivity (Wildman–Crippen MR) is 94.2 cm³/mol. The van der Waals surface area contributed by atoms with Crippen LogP contribution in [0, 0.1) is 0 Å². The van der Waals surface area contributed by atoms with Crippen LogP contribution in [0.3, 0.4) is 0 Å². The average molecular weight is 379 g/mol. The van der Waals surface area contributed by atoms with Gasteiger partial charge in [-0.3, -0.25) is 4.79 Å². The van der Waals surface area contributed by atoms with Gasteiger partial charge in [0.2, 0.25) is 0 Å². The van der Waals surface area contributed by atoms with Gasteiger partial charge in [0.1, 0.15) is 11.5 Å². The molecule has 8 heteroatoms. The fourth-order valence-electron chi connectivity index (χ4n) is 2.11. The number of anilines is 1. The Bertz CT molecular complexity index is 778. The highest BCUT2D eigenvalue weighted by Crippen LogP contribution is 2.25. The van der Waals surface area contributed by atoms with Crippen LogP contribution in [0.2, 0.25) is 0 Å². The van der Waals surface area contributed by atoms with Gasteiger partial charge in [-0.25, -0.2) is 4.79 Å². The molecule has 0 aliphatic heterocycles. The number of carbonyl (C=O) groups excluding carboxylic acids is 2. The normalized spacial score (nSPS) is 10.6. The maximum absolute atomic E-state index is 12.4. The fraction of sp³-hybridized carbons (Fsp3) is 0.263. The van der Waals surface area contributed by atoms with Crippen LogP contribution in [-0.2, 0) is 9.53 Å². The van der Waals surface area contributed by atoms with Crippen LogP contribution < -0.4 is 14.8 Å². The molecule has 0 aromatic heterocycles. The van der Waals surface area contributed by atoms with E-state index >= 15 is 0 Å². The second kappa shape index (κ2) is 9.51. The zero-order valence-corrected chi connectivity index (χ0v) is 14.8. The molecule has 6 nitrogen and oxygen atoms in total. The minimum Gasteiger partial charge on any atom is -0.491 e. The predicted octanol–water partition coefficient (Wildman–Crippen LogP) is 3.87. The number of alkyl halides is 2. The van der Waals surface area contributed by atoms with Gasteiger partial charge in [-0.15, -0.1) is 0 Å². The molecule has 144 valence electrons. The second-order valence-electron chi connectivity index (χ2n) is 5.69. The lowest BCUT2D eigenvalue weighted by Crippen LogP contribution is -2.21. The van der Waals surface area contributed by atoms with Crippen LogP contribution in [-0.4, -0.2) is 31.2 Å². The molecule has 0 radical (unpaired) electrons. The number of ether oxygens (including phenoxy) is 3. The SMILES string of the molecule is CC(C)Oc1ccc(C(=O)OCC(=O)Nc2ccccc2OC(F)F)cc1. The first kappa shape index (κ1) is 20.2. The molecule has 27 heavy (non-hydrogen) atoms. The Hall–Kier alpha value is -3.16. The zero-order valence-electron chi connectivity index (χ0n) is 14.8. The smallest absolute Gasteiger partial charge is 0.387 e. The number of hydrogen-bond acceptors (Lipinski definition) is 5. The molecule has 0 heterocycles. The molecule has 2 rings (SSSR count). The number of rotatable bonds is 8. The van der Waals surface area contributed by atoms with Crippen molar-refractivity contribution in [2.75, 3.05) is 11.9 Å². The van der Waals surface area contributed by atoms with Crippen molar-refractivity contribution in [1.29, 1.82) is 0 Å². The molecule has 0 spiro atoms. The highest BCUT2D eigenvalue weighted by atomic mass is 19.3. The van der Waals surface area contributed by atoms with Crippen molar-refractivity contribution in [1.82, 2.24) is 0 Å². The molecule has 0 unspecified atom stereocenters. The summed E-state index contributed by atoms with van der Waals surface area (Å²) in [5, 5.41) is 2.36. The minimum absolute atomic E-state index is 0.00317. The van der Waals surface area contributed by atoms with E-state index in [-0.39, 0.29) is 23.1 Å². The lowest BCUT2D eigenvalue weighted by molar-refractivity contribution is -0.119. The van der Waals surface area contributed by atoms with E-state index in [0.29, 0.717) is 5.75 Å².